The Kier molecular flexibility index (Phi) is 3.23. The van der Waals surface area contributed by atoms with Crippen molar-refractivity contribution in [2.45, 2.75) is 18.9 Å². The predicted molar refractivity (Wildman–Crippen MR) is 62.5 cm³/mol. The van der Waals surface area contributed by atoms with Crippen molar-refractivity contribution >= 4 is 11.4 Å². The molecule has 1 aromatic rings. The number of nitrogens with zero attached hydrogens (tertiary/aromatic N) is 2. The molecule has 6 heteroatoms. The molecule has 0 spiro atoms. The van der Waals surface area contributed by atoms with Crippen molar-refractivity contribution in [2.75, 3.05) is 18.0 Å². The van der Waals surface area contributed by atoms with Gasteiger partial charge in [0.05, 0.1) is 16.7 Å². The maximum Gasteiger partial charge on any atom is 0.272 e. The first-order valence-corrected chi connectivity index (χ1v) is 5.54. The van der Waals surface area contributed by atoms with Gasteiger partial charge in [0.15, 0.2) is 5.82 Å². The fraction of sp³-hybridized carbons (Fsp3) is 0.455. The number of benzene rings is 1. The standard InChI is InChI=1S/C11H14FN3O2/c12-10-6-8(15(16)17)3-4-11(10)14-5-1-2-9(14)7-13/h3-4,6,9H,1-2,5,7,13H2. The van der Waals surface area contributed by atoms with E-state index < -0.39 is 10.7 Å². The van der Waals surface area contributed by atoms with Gasteiger partial charge in [-0.3, -0.25) is 10.1 Å². The summed E-state index contributed by atoms with van der Waals surface area (Å²) < 4.78 is 13.8. The quantitative estimate of drug-likeness (QED) is 0.643. The van der Waals surface area contributed by atoms with Gasteiger partial charge >= 0.3 is 0 Å². The van der Waals surface area contributed by atoms with Gasteiger partial charge in [-0.25, -0.2) is 4.39 Å². The second kappa shape index (κ2) is 4.67. The van der Waals surface area contributed by atoms with Crippen molar-refractivity contribution in [3.63, 3.8) is 0 Å². The minimum atomic E-state index is -0.600. The van der Waals surface area contributed by atoms with Gasteiger partial charge in [-0.05, 0) is 18.9 Å². The molecule has 0 amide bonds. The normalized spacial score (nSPS) is 19.6. The molecule has 5 nitrogen and oxygen atoms in total. The van der Waals surface area contributed by atoms with E-state index >= 15 is 0 Å². The number of halogens is 1. The predicted octanol–water partition coefficient (Wildman–Crippen LogP) is 1.66. The van der Waals surface area contributed by atoms with Crippen molar-refractivity contribution in [2.24, 2.45) is 5.73 Å². The molecule has 1 aliphatic heterocycles. The lowest BCUT2D eigenvalue weighted by Crippen LogP contribution is -2.35. The van der Waals surface area contributed by atoms with Gasteiger partial charge in [0.1, 0.15) is 0 Å². The van der Waals surface area contributed by atoms with E-state index in [2.05, 4.69) is 0 Å². The molecule has 0 bridgehead atoms. The van der Waals surface area contributed by atoms with E-state index in [-0.39, 0.29) is 11.7 Å². The number of anilines is 1. The van der Waals surface area contributed by atoms with Gasteiger partial charge in [0.25, 0.3) is 5.69 Å². The van der Waals surface area contributed by atoms with Crippen molar-refractivity contribution in [1.29, 1.82) is 0 Å². The molecule has 0 aromatic heterocycles. The van der Waals surface area contributed by atoms with Crippen LogP contribution < -0.4 is 10.6 Å². The lowest BCUT2D eigenvalue weighted by Gasteiger charge is -2.25. The maximum atomic E-state index is 13.8. The molecule has 17 heavy (non-hydrogen) atoms. The van der Waals surface area contributed by atoms with Gasteiger partial charge < -0.3 is 10.6 Å². The van der Waals surface area contributed by atoms with Crippen molar-refractivity contribution < 1.29 is 9.31 Å². The highest BCUT2D eigenvalue weighted by atomic mass is 19.1. The molecule has 1 aromatic carbocycles. The molecule has 0 aliphatic carbocycles. The first kappa shape index (κ1) is 11.8. The molecule has 2 N–H and O–H groups in total. The average molecular weight is 239 g/mol. The van der Waals surface area contributed by atoms with E-state index in [1.54, 1.807) is 0 Å². The van der Waals surface area contributed by atoms with Crippen LogP contribution in [-0.2, 0) is 0 Å². The summed E-state index contributed by atoms with van der Waals surface area (Å²) in [5.74, 6) is -0.556. The second-order valence-corrected chi connectivity index (χ2v) is 4.12. The summed E-state index contributed by atoms with van der Waals surface area (Å²) in [6.07, 6.45) is 1.91. The summed E-state index contributed by atoms with van der Waals surface area (Å²) in [5, 5.41) is 10.5. The van der Waals surface area contributed by atoms with Gasteiger partial charge in [-0.1, -0.05) is 0 Å². The Hall–Kier alpha value is -1.69. The maximum absolute atomic E-state index is 13.8. The van der Waals surface area contributed by atoms with Crippen LogP contribution in [0.15, 0.2) is 18.2 Å². The molecule has 1 aliphatic rings. The molecule has 92 valence electrons. The number of rotatable bonds is 3. The van der Waals surface area contributed by atoms with Gasteiger partial charge in [-0.15, -0.1) is 0 Å². The monoisotopic (exact) mass is 239 g/mol. The molecular formula is C11H14FN3O2. The highest BCUT2D eigenvalue weighted by molar-refractivity contribution is 5.53. The molecule has 2 rings (SSSR count). The Bertz CT molecular complexity index is 439. The Labute approximate surface area is 98.2 Å². The number of non-ortho nitro benzene ring substituents is 1. The van der Waals surface area contributed by atoms with Crippen molar-refractivity contribution in [3.05, 3.63) is 34.1 Å². The average Bonchev–Trinajstić information content (AvgIpc) is 2.76. The molecule has 0 saturated carbocycles. The van der Waals surface area contributed by atoms with Crippen LogP contribution in [0.3, 0.4) is 0 Å². The Balaban J connectivity index is 2.30. The van der Waals surface area contributed by atoms with Gasteiger partial charge in [-0.2, -0.15) is 0 Å². The number of nitrogens with two attached hydrogens (primary N) is 1. The first-order valence-electron chi connectivity index (χ1n) is 5.54. The fourth-order valence-electron chi connectivity index (χ4n) is 2.24. The van der Waals surface area contributed by atoms with E-state index in [1.165, 1.54) is 12.1 Å². The Morgan fingerprint density at radius 2 is 2.35 bits per heavy atom. The third kappa shape index (κ3) is 2.21. The number of nitro benzene ring substituents is 1. The van der Waals surface area contributed by atoms with Crippen LogP contribution >= 0.6 is 0 Å². The van der Waals surface area contributed by atoms with Gasteiger partial charge in [0.2, 0.25) is 0 Å². The number of hydrogen-bond donors (Lipinski definition) is 1. The SMILES string of the molecule is NCC1CCCN1c1ccc([N+](=O)[O-])cc1F. The van der Waals surface area contributed by atoms with Crippen LogP contribution in [0.1, 0.15) is 12.8 Å². The van der Waals surface area contributed by atoms with E-state index in [0.29, 0.717) is 12.2 Å². The second-order valence-electron chi connectivity index (χ2n) is 4.12. The molecule has 1 saturated heterocycles. The summed E-state index contributed by atoms with van der Waals surface area (Å²) in [6.45, 7) is 1.22. The lowest BCUT2D eigenvalue weighted by atomic mass is 10.2. The van der Waals surface area contributed by atoms with Crippen LogP contribution in [0, 0.1) is 15.9 Å². The van der Waals surface area contributed by atoms with Crippen molar-refractivity contribution in [3.8, 4) is 0 Å². The summed E-state index contributed by atoms with van der Waals surface area (Å²) in [6, 6.07) is 3.87. The molecule has 1 fully saturated rings. The molecule has 1 heterocycles. The molecule has 0 radical (unpaired) electrons. The third-order valence-electron chi connectivity index (χ3n) is 3.10. The van der Waals surface area contributed by atoms with Crippen LogP contribution in [0.2, 0.25) is 0 Å². The smallest absolute Gasteiger partial charge is 0.272 e. The fourth-order valence-corrected chi connectivity index (χ4v) is 2.24. The zero-order chi connectivity index (χ0) is 12.4. The van der Waals surface area contributed by atoms with Crippen LogP contribution in [0.4, 0.5) is 15.8 Å². The molecule has 1 atom stereocenters. The summed E-state index contributed by atoms with van der Waals surface area (Å²) in [4.78, 5) is 11.8. The highest BCUT2D eigenvalue weighted by Crippen LogP contribution is 2.29. The van der Waals surface area contributed by atoms with E-state index in [1.807, 2.05) is 4.90 Å². The number of hydrogen-bond acceptors (Lipinski definition) is 4. The molecular weight excluding hydrogens is 225 g/mol. The lowest BCUT2D eigenvalue weighted by molar-refractivity contribution is -0.385. The van der Waals surface area contributed by atoms with Crippen LogP contribution in [0.5, 0.6) is 0 Å². The minimum Gasteiger partial charge on any atom is -0.365 e. The zero-order valence-electron chi connectivity index (χ0n) is 9.30. The van der Waals surface area contributed by atoms with E-state index in [0.717, 1.165) is 25.5 Å². The van der Waals surface area contributed by atoms with Crippen molar-refractivity contribution in [1.82, 2.24) is 0 Å². The van der Waals surface area contributed by atoms with E-state index in [9.17, 15) is 14.5 Å². The Morgan fingerprint density at radius 1 is 1.59 bits per heavy atom. The summed E-state index contributed by atoms with van der Waals surface area (Å²) >= 11 is 0. The first-order chi connectivity index (χ1) is 8.13. The topological polar surface area (TPSA) is 72.4 Å². The highest BCUT2D eigenvalue weighted by Gasteiger charge is 2.26. The Morgan fingerprint density at radius 3 is 2.94 bits per heavy atom. The van der Waals surface area contributed by atoms with Gasteiger partial charge in [0, 0.05) is 25.2 Å². The summed E-state index contributed by atoms with van der Waals surface area (Å²) in [7, 11) is 0. The number of nitro groups is 1. The summed E-state index contributed by atoms with van der Waals surface area (Å²) in [5.41, 5.74) is 5.80. The molecule has 1 unspecified atom stereocenters. The van der Waals surface area contributed by atoms with Crippen LogP contribution in [-0.4, -0.2) is 24.1 Å². The zero-order valence-corrected chi connectivity index (χ0v) is 9.30. The minimum absolute atomic E-state index is 0.131. The van der Waals surface area contributed by atoms with Crippen LogP contribution in [0.25, 0.3) is 0 Å². The van der Waals surface area contributed by atoms with E-state index in [4.69, 9.17) is 5.73 Å². The third-order valence-corrected chi connectivity index (χ3v) is 3.10. The largest absolute Gasteiger partial charge is 0.365 e.